The van der Waals surface area contributed by atoms with Crippen molar-refractivity contribution in [1.29, 1.82) is 0 Å². The van der Waals surface area contributed by atoms with Crippen molar-refractivity contribution < 1.29 is 0 Å². The molecule has 5 nitrogen and oxygen atoms in total. The fraction of sp³-hybridized carbons (Fsp3) is 0.154. The zero-order chi connectivity index (χ0) is 13.4. The molecule has 0 radical (unpaired) electrons. The van der Waals surface area contributed by atoms with Gasteiger partial charge in [0.2, 0.25) is 5.65 Å². The molecule has 0 saturated heterocycles. The molecule has 19 heavy (non-hydrogen) atoms. The Labute approximate surface area is 115 Å². The second kappa shape index (κ2) is 4.51. The Morgan fingerprint density at radius 1 is 1.21 bits per heavy atom. The van der Waals surface area contributed by atoms with Crippen molar-refractivity contribution in [2.24, 2.45) is 0 Å². The molecule has 0 fully saturated rings. The van der Waals surface area contributed by atoms with E-state index in [4.69, 9.17) is 11.6 Å². The molecule has 0 bridgehead atoms. The minimum atomic E-state index is 0.635. The Bertz CT molecular complexity index is 750. The van der Waals surface area contributed by atoms with Gasteiger partial charge in [-0.05, 0) is 31.5 Å². The summed E-state index contributed by atoms with van der Waals surface area (Å²) in [7, 11) is 0. The summed E-state index contributed by atoms with van der Waals surface area (Å²) in [5.41, 5.74) is 2.61. The molecular formula is C13H12ClN5. The number of halogens is 1. The number of nitrogens with zero attached hydrogens (tertiary/aromatic N) is 4. The first-order chi connectivity index (χ1) is 9.15. The van der Waals surface area contributed by atoms with Crippen molar-refractivity contribution >= 4 is 28.8 Å². The number of benzene rings is 1. The molecule has 1 N–H and O–H groups in total. The Balaban J connectivity index is 2.08. The van der Waals surface area contributed by atoms with Gasteiger partial charge in [-0.1, -0.05) is 17.7 Å². The van der Waals surface area contributed by atoms with Crippen LogP contribution < -0.4 is 5.32 Å². The van der Waals surface area contributed by atoms with Gasteiger partial charge in [0.05, 0.1) is 10.7 Å². The van der Waals surface area contributed by atoms with Gasteiger partial charge in [0.15, 0.2) is 5.82 Å². The third-order valence-electron chi connectivity index (χ3n) is 2.87. The van der Waals surface area contributed by atoms with Crippen molar-refractivity contribution in [1.82, 2.24) is 19.6 Å². The van der Waals surface area contributed by atoms with Crippen LogP contribution in [0.3, 0.4) is 0 Å². The molecule has 2 heterocycles. The van der Waals surface area contributed by atoms with Crippen molar-refractivity contribution in [2.45, 2.75) is 13.8 Å². The Morgan fingerprint density at radius 2 is 2.05 bits per heavy atom. The lowest BCUT2D eigenvalue weighted by molar-refractivity contribution is 1.00. The van der Waals surface area contributed by atoms with Crippen molar-refractivity contribution in [3.05, 3.63) is 47.0 Å². The first kappa shape index (κ1) is 11.9. The average molecular weight is 274 g/mol. The van der Waals surface area contributed by atoms with E-state index in [1.54, 1.807) is 6.20 Å². The van der Waals surface area contributed by atoms with Gasteiger partial charge in [-0.25, -0.2) is 4.98 Å². The summed E-state index contributed by atoms with van der Waals surface area (Å²) in [6.45, 7) is 3.90. The molecule has 0 spiro atoms. The largest absolute Gasteiger partial charge is 0.336 e. The fourth-order valence-corrected chi connectivity index (χ4v) is 2.06. The highest BCUT2D eigenvalue weighted by molar-refractivity contribution is 6.33. The molecule has 0 atom stereocenters. The molecule has 2 aromatic heterocycles. The fourth-order valence-electron chi connectivity index (χ4n) is 1.89. The lowest BCUT2D eigenvalue weighted by atomic mass is 10.2. The average Bonchev–Trinajstić information content (AvgIpc) is 2.77. The highest BCUT2D eigenvalue weighted by Crippen LogP contribution is 2.26. The Kier molecular flexibility index (Phi) is 2.83. The third-order valence-corrected chi connectivity index (χ3v) is 3.20. The summed E-state index contributed by atoms with van der Waals surface area (Å²) >= 11 is 6.17. The smallest absolute Gasteiger partial charge is 0.204 e. The number of aromatic nitrogens is 4. The van der Waals surface area contributed by atoms with Crippen molar-refractivity contribution in [3.8, 4) is 0 Å². The van der Waals surface area contributed by atoms with E-state index >= 15 is 0 Å². The van der Waals surface area contributed by atoms with Crippen LogP contribution in [-0.2, 0) is 0 Å². The molecule has 0 amide bonds. The van der Waals surface area contributed by atoms with Crippen LogP contribution in [0.4, 0.5) is 11.5 Å². The molecule has 3 aromatic rings. The molecule has 96 valence electrons. The number of aryl methyl sites for hydroxylation is 2. The summed E-state index contributed by atoms with van der Waals surface area (Å²) in [5, 5.41) is 12.0. The molecule has 1 aromatic carbocycles. The molecule has 0 aliphatic heterocycles. The number of nitrogens with one attached hydrogen (secondary N) is 1. The van der Waals surface area contributed by atoms with Crippen LogP contribution in [0.1, 0.15) is 11.4 Å². The highest BCUT2D eigenvalue weighted by atomic mass is 35.5. The second-order valence-corrected chi connectivity index (χ2v) is 4.73. The molecule has 0 aliphatic rings. The van der Waals surface area contributed by atoms with Crippen LogP contribution in [0, 0.1) is 13.8 Å². The standard InChI is InChI=1S/C13H12ClN5/c1-8-3-4-10(14)11(7-8)16-12-13-18-17-9(2)19(13)6-5-15-12/h3-7H,1-2H3,(H,15,16). The van der Waals surface area contributed by atoms with E-state index in [0.717, 1.165) is 17.1 Å². The van der Waals surface area contributed by atoms with E-state index in [0.29, 0.717) is 16.5 Å². The maximum atomic E-state index is 6.17. The molecule has 0 aliphatic carbocycles. The first-order valence-corrected chi connectivity index (χ1v) is 6.22. The van der Waals surface area contributed by atoms with E-state index < -0.39 is 0 Å². The van der Waals surface area contributed by atoms with Gasteiger partial charge in [-0.3, -0.25) is 4.40 Å². The van der Waals surface area contributed by atoms with Gasteiger partial charge in [0.25, 0.3) is 0 Å². The van der Waals surface area contributed by atoms with Gasteiger partial charge in [-0.15, -0.1) is 10.2 Å². The van der Waals surface area contributed by atoms with Gasteiger partial charge >= 0.3 is 0 Å². The molecule has 0 unspecified atom stereocenters. The monoisotopic (exact) mass is 273 g/mol. The number of hydrogen-bond acceptors (Lipinski definition) is 4. The lowest BCUT2D eigenvalue weighted by Gasteiger charge is -2.09. The highest BCUT2D eigenvalue weighted by Gasteiger charge is 2.09. The summed E-state index contributed by atoms with van der Waals surface area (Å²) in [6, 6.07) is 5.79. The van der Waals surface area contributed by atoms with Gasteiger partial charge in [0, 0.05) is 12.4 Å². The first-order valence-electron chi connectivity index (χ1n) is 5.84. The van der Waals surface area contributed by atoms with Crippen LogP contribution >= 0.6 is 11.6 Å². The SMILES string of the molecule is Cc1ccc(Cl)c(Nc2nccn3c(C)nnc23)c1. The normalized spacial score (nSPS) is 10.9. The summed E-state index contributed by atoms with van der Waals surface area (Å²) in [5.74, 6) is 1.45. The van der Waals surface area contributed by atoms with Gasteiger partial charge in [-0.2, -0.15) is 0 Å². The van der Waals surface area contributed by atoms with E-state index in [1.165, 1.54) is 0 Å². The predicted molar refractivity (Wildman–Crippen MR) is 75.0 cm³/mol. The van der Waals surface area contributed by atoms with Crippen molar-refractivity contribution in [2.75, 3.05) is 5.32 Å². The minimum Gasteiger partial charge on any atom is -0.336 e. The Hall–Kier alpha value is -2.14. The van der Waals surface area contributed by atoms with E-state index in [9.17, 15) is 0 Å². The molecule has 0 saturated carbocycles. The van der Waals surface area contributed by atoms with E-state index in [1.807, 2.05) is 42.6 Å². The van der Waals surface area contributed by atoms with Crippen LogP contribution in [-0.4, -0.2) is 19.6 Å². The second-order valence-electron chi connectivity index (χ2n) is 4.32. The third kappa shape index (κ3) is 2.13. The molecule has 3 rings (SSSR count). The van der Waals surface area contributed by atoms with E-state index in [2.05, 4.69) is 20.5 Å². The predicted octanol–water partition coefficient (Wildman–Crippen LogP) is 3.14. The van der Waals surface area contributed by atoms with Crippen molar-refractivity contribution in [3.63, 3.8) is 0 Å². The number of anilines is 2. The Morgan fingerprint density at radius 3 is 2.89 bits per heavy atom. The lowest BCUT2D eigenvalue weighted by Crippen LogP contribution is -1.99. The molecular weight excluding hydrogens is 262 g/mol. The minimum absolute atomic E-state index is 0.635. The quantitative estimate of drug-likeness (QED) is 0.779. The number of fused-ring (bicyclic) bond motifs is 1. The molecule has 6 heteroatoms. The topological polar surface area (TPSA) is 55.1 Å². The maximum Gasteiger partial charge on any atom is 0.204 e. The number of hydrogen-bond donors (Lipinski definition) is 1. The van der Waals surface area contributed by atoms with Crippen LogP contribution in [0.15, 0.2) is 30.6 Å². The van der Waals surface area contributed by atoms with Crippen LogP contribution in [0.2, 0.25) is 5.02 Å². The maximum absolute atomic E-state index is 6.17. The summed E-state index contributed by atoms with van der Waals surface area (Å²) < 4.78 is 1.87. The summed E-state index contributed by atoms with van der Waals surface area (Å²) in [4.78, 5) is 4.29. The summed E-state index contributed by atoms with van der Waals surface area (Å²) in [6.07, 6.45) is 3.53. The zero-order valence-corrected chi connectivity index (χ0v) is 11.3. The van der Waals surface area contributed by atoms with Crippen LogP contribution in [0.5, 0.6) is 0 Å². The van der Waals surface area contributed by atoms with E-state index in [-0.39, 0.29) is 0 Å². The van der Waals surface area contributed by atoms with Gasteiger partial charge < -0.3 is 5.32 Å². The van der Waals surface area contributed by atoms with Crippen LogP contribution in [0.25, 0.3) is 5.65 Å². The number of rotatable bonds is 2. The van der Waals surface area contributed by atoms with Gasteiger partial charge in [0.1, 0.15) is 5.82 Å². The zero-order valence-electron chi connectivity index (χ0n) is 10.6.